The highest BCUT2D eigenvalue weighted by Gasteiger charge is 2.43. The average Bonchev–Trinajstić information content (AvgIpc) is 2.23. The lowest BCUT2D eigenvalue weighted by Gasteiger charge is -2.37. The summed E-state index contributed by atoms with van der Waals surface area (Å²) in [6.45, 7) is 0. The van der Waals surface area contributed by atoms with Crippen LogP contribution in [-0.2, 0) is 10.3 Å². The van der Waals surface area contributed by atoms with E-state index in [0.29, 0.717) is 12.8 Å². The third kappa shape index (κ3) is 1.83. The highest BCUT2D eigenvalue weighted by Crippen LogP contribution is 2.49. The van der Waals surface area contributed by atoms with Crippen LogP contribution in [0.5, 0.6) is 5.75 Å². The van der Waals surface area contributed by atoms with Gasteiger partial charge in [0.15, 0.2) is 0 Å². The molecule has 0 heterocycles. The topological polar surface area (TPSA) is 38.7 Å². The van der Waals surface area contributed by atoms with Gasteiger partial charge in [-0.15, -0.1) is 0 Å². The first-order valence-electron chi connectivity index (χ1n) is 5.25. The zero-order valence-electron chi connectivity index (χ0n) is 9.30. The molecule has 5 heteroatoms. The van der Waals surface area contributed by atoms with Crippen molar-refractivity contribution < 1.29 is 18.3 Å². The predicted octanol–water partition coefficient (Wildman–Crippen LogP) is 2.69. The van der Waals surface area contributed by atoms with Crippen molar-refractivity contribution in [2.45, 2.75) is 24.8 Å². The lowest BCUT2D eigenvalue weighted by atomic mass is 9.72. The smallest absolute Gasteiger partial charge is 0.235 e. The number of aliphatic imine (C=N–C) groups is 1. The standard InChI is InChI=1S/C12H11F2NO2/c1-17-10-6-8(13)5-9(14)11(10)12(15-7-16)3-2-4-12/h5-6H,2-4H2,1H3. The van der Waals surface area contributed by atoms with Gasteiger partial charge in [-0.25, -0.2) is 13.6 Å². The van der Waals surface area contributed by atoms with Crippen LogP contribution in [-0.4, -0.2) is 13.2 Å². The average molecular weight is 239 g/mol. The SMILES string of the molecule is COc1cc(F)cc(F)c1C1(N=C=O)CCC1. The summed E-state index contributed by atoms with van der Waals surface area (Å²) < 4.78 is 31.9. The van der Waals surface area contributed by atoms with Gasteiger partial charge in [0, 0.05) is 12.1 Å². The first-order valence-corrected chi connectivity index (χ1v) is 5.25. The summed E-state index contributed by atoms with van der Waals surface area (Å²) in [5.41, 5.74) is -0.777. The fraction of sp³-hybridized carbons (Fsp3) is 0.417. The van der Waals surface area contributed by atoms with E-state index >= 15 is 0 Å². The normalized spacial score (nSPS) is 16.9. The molecule has 1 aliphatic carbocycles. The fourth-order valence-corrected chi connectivity index (χ4v) is 2.18. The van der Waals surface area contributed by atoms with Gasteiger partial charge in [0.2, 0.25) is 6.08 Å². The minimum atomic E-state index is -0.926. The summed E-state index contributed by atoms with van der Waals surface area (Å²) in [5, 5.41) is 0. The molecule has 17 heavy (non-hydrogen) atoms. The highest BCUT2D eigenvalue weighted by molar-refractivity contribution is 5.46. The summed E-state index contributed by atoms with van der Waals surface area (Å²) in [4.78, 5) is 14.1. The minimum absolute atomic E-state index is 0.0844. The van der Waals surface area contributed by atoms with Crippen molar-refractivity contribution in [1.82, 2.24) is 0 Å². The molecule has 0 aliphatic heterocycles. The van der Waals surface area contributed by atoms with Crippen molar-refractivity contribution in [3.8, 4) is 5.75 Å². The van der Waals surface area contributed by atoms with Crippen LogP contribution in [0.2, 0.25) is 0 Å². The summed E-state index contributed by atoms with van der Waals surface area (Å²) in [6, 6.07) is 1.87. The zero-order chi connectivity index (χ0) is 12.5. The Bertz CT molecular complexity index is 492. The van der Waals surface area contributed by atoms with Gasteiger partial charge in [0.25, 0.3) is 0 Å². The molecule has 3 nitrogen and oxygen atoms in total. The Hall–Kier alpha value is -1.74. The van der Waals surface area contributed by atoms with E-state index in [-0.39, 0.29) is 11.3 Å². The molecule has 0 bridgehead atoms. The van der Waals surface area contributed by atoms with E-state index in [4.69, 9.17) is 4.74 Å². The Labute approximate surface area is 97.1 Å². The monoisotopic (exact) mass is 239 g/mol. The molecule has 0 N–H and O–H groups in total. The van der Waals surface area contributed by atoms with Crippen LogP contribution < -0.4 is 4.74 Å². The van der Waals surface area contributed by atoms with Crippen LogP contribution in [0, 0.1) is 11.6 Å². The van der Waals surface area contributed by atoms with Gasteiger partial charge in [0.1, 0.15) is 22.9 Å². The van der Waals surface area contributed by atoms with Crippen molar-refractivity contribution in [1.29, 1.82) is 0 Å². The summed E-state index contributed by atoms with van der Waals surface area (Å²) >= 11 is 0. The number of halogens is 2. The number of rotatable bonds is 3. The van der Waals surface area contributed by atoms with Crippen LogP contribution in [0.25, 0.3) is 0 Å². The first kappa shape index (κ1) is 11.7. The van der Waals surface area contributed by atoms with E-state index in [1.54, 1.807) is 0 Å². The Morgan fingerprint density at radius 3 is 2.59 bits per heavy atom. The molecule has 1 aromatic carbocycles. The number of ether oxygens (including phenoxy) is 1. The Balaban J connectivity index is 2.61. The van der Waals surface area contributed by atoms with Crippen molar-refractivity contribution in [2.24, 2.45) is 4.99 Å². The molecular formula is C12H11F2NO2. The number of nitrogens with zero attached hydrogens (tertiary/aromatic N) is 1. The number of hydrogen-bond donors (Lipinski definition) is 0. The van der Waals surface area contributed by atoms with E-state index in [9.17, 15) is 13.6 Å². The van der Waals surface area contributed by atoms with E-state index in [2.05, 4.69) is 4.99 Å². The minimum Gasteiger partial charge on any atom is -0.496 e. The van der Waals surface area contributed by atoms with Crippen molar-refractivity contribution in [2.75, 3.05) is 7.11 Å². The molecule has 1 aromatic rings. The van der Waals surface area contributed by atoms with E-state index in [1.807, 2.05) is 0 Å². The van der Waals surface area contributed by atoms with Gasteiger partial charge in [0.05, 0.1) is 12.7 Å². The summed E-state index contributed by atoms with van der Waals surface area (Å²) in [5.74, 6) is -1.37. The van der Waals surface area contributed by atoms with E-state index < -0.39 is 17.2 Å². The molecule has 1 aliphatic rings. The van der Waals surface area contributed by atoms with Crippen LogP contribution in [0.1, 0.15) is 24.8 Å². The number of benzene rings is 1. The van der Waals surface area contributed by atoms with Gasteiger partial charge >= 0.3 is 0 Å². The van der Waals surface area contributed by atoms with Gasteiger partial charge in [-0.3, -0.25) is 0 Å². The molecule has 90 valence electrons. The van der Waals surface area contributed by atoms with Crippen LogP contribution >= 0.6 is 0 Å². The third-order valence-electron chi connectivity index (χ3n) is 3.14. The summed E-state index contributed by atoms with van der Waals surface area (Å²) in [7, 11) is 1.33. The van der Waals surface area contributed by atoms with E-state index in [0.717, 1.165) is 18.6 Å². The maximum absolute atomic E-state index is 13.8. The maximum Gasteiger partial charge on any atom is 0.235 e. The third-order valence-corrected chi connectivity index (χ3v) is 3.14. The van der Waals surface area contributed by atoms with Crippen LogP contribution in [0.4, 0.5) is 8.78 Å². The molecule has 0 amide bonds. The molecule has 2 rings (SSSR count). The second kappa shape index (κ2) is 4.26. The number of carbonyl (C=O) groups excluding carboxylic acids is 1. The second-order valence-electron chi connectivity index (χ2n) is 4.05. The van der Waals surface area contributed by atoms with Gasteiger partial charge in [-0.05, 0) is 19.3 Å². The quantitative estimate of drug-likeness (QED) is 0.600. The number of isocyanates is 1. The number of methoxy groups -OCH3 is 1. The van der Waals surface area contributed by atoms with Gasteiger partial charge in [-0.2, -0.15) is 4.99 Å². The zero-order valence-corrected chi connectivity index (χ0v) is 9.30. The van der Waals surface area contributed by atoms with Gasteiger partial charge in [-0.1, -0.05) is 0 Å². The fourth-order valence-electron chi connectivity index (χ4n) is 2.18. The Morgan fingerprint density at radius 2 is 2.12 bits per heavy atom. The maximum atomic E-state index is 13.8. The van der Waals surface area contributed by atoms with Crippen LogP contribution in [0.15, 0.2) is 17.1 Å². The van der Waals surface area contributed by atoms with Crippen LogP contribution in [0.3, 0.4) is 0 Å². The molecule has 0 atom stereocenters. The molecule has 0 spiro atoms. The molecule has 0 saturated heterocycles. The lowest BCUT2D eigenvalue weighted by Crippen LogP contribution is -2.33. The first-order chi connectivity index (χ1) is 8.13. The highest BCUT2D eigenvalue weighted by atomic mass is 19.1. The molecule has 0 radical (unpaired) electrons. The summed E-state index contributed by atoms with van der Waals surface area (Å²) in [6.07, 6.45) is 3.39. The molecule has 1 saturated carbocycles. The second-order valence-corrected chi connectivity index (χ2v) is 4.05. The predicted molar refractivity (Wildman–Crippen MR) is 56.6 cm³/mol. The van der Waals surface area contributed by atoms with Crippen molar-refractivity contribution >= 4 is 6.08 Å². The molecular weight excluding hydrogens is 228 g/mol. The molecule has 0 unspecified atom stereocenters. The largest absolute Gasteiger partial charge is 0.496 e. The van der Waals surface area contributed by atoms with Gasteiger partial charge < -0.3 is 4.74 Å². The number of hydrogen-bond acceptors (Lipinski definition) is 3. The molecule has 1 fully saturated rings. The lowest BCUT2D eigenvalue weighted by molar-refractivity contribution is 0.236. The molecule has 0 aromatic heterocycles. The Kier molecular flexibility index (Phi) is 2.94. The van der Waals surface area contributed by atoms with Crippen molar-refractivity contribution in [3.63, 3.8) is 0 Å². The Morgan fingerprint density at radius 1 is 1.41 bits per heavy atom. The van der Waals surface area contributed by atoms with E-state index in [1.165, 1.54) is 13.2 Å². The van der Waals surface area contributed by atoms with Crippen molar-refractivity contribution in [3.05, 3.63) is 29.3 Å².